The van der Waals surface area contributed by atoms with E-state index in [0.717, 1.165) is 18.4 Å². The number of nitriles is 1. The lowest BCUT2D eigenvalue weighted by molar-refractivity contribution is 0.0689. The Labute approximate surface area is 183 Å². The first kappa shape index (κ1) is 19.6. The minimum absolute atomic E-state index is 0.0564. The van der Waals surface area contributed by atoms with Crippen LogP contribution in [0.25, 0.3) is 23.0 Å². The fourth-order valence-corrected chi connectivity index (χ4v) is 3.82. The standard InChI is InChI=1S/C23H19N7O2/c24-14-16-5-4-8-18(13-16)23(31)29-11-9-19(10-12-29)30-15-20(26-28-30)22-25-21(27-32-22)17-6-2-1-3-7-17/h1-8,13,15,19H,9-12H2. The van der Waals surface area contributed by atoms with Crippen molar-refractivity contribution in [1.29, 1.82) is 5.26 Å². The van der Waals surface area contributed by atoms with Gasteiger partial charge in [0.1, 0.15) is 0 Å². The molecule has 0 N–H and O–H groups in total. The van der Waals surface area contributed by atoms with Gasteiger partial charge in [0.2, 0.25) is 5.82 Å². The van der Waals surface area contributed by atoms with Crippen molar-refractivity contribution in [2.24, 2.45) is 0 Å². The van der Waals surface area contributed by atoms with Gasteiger partial charge in [-0.1, -0.05) is 46.8 Å². The number of nitrogens with zero attached hydrogens (tertiary/aromatic N) is 7. The molecule has 1 aliphatic heterocycles. The molecule has 1 fully saturated rings. The Morgan fingerprint density at radius 1 is 1.09 bits per heavy atom. The SMILES string of the molecule is N#Cc1cccc(C(=O)N2CCC(n3cc(-c4nc(-c5ccccc5)no4)nn3)CC2)c1. The quantitative estimate of drug-likeness (QED) is 0.492. The van der Waals surface area contributed by atoms with Crippen molar-refractivity contribution in [3.05, 3.63) is 71.9 Å². The summed E-state index contributed by atoms with van der Waals surface area (Å²) in [6.07, 6.45) is 3.32. The highest BCUT2D eigenvalue weighted by molar-refractivity contribution is 5.94. The molecule has 0 aliphatic carbocycles. The van der Waals surface area contributed by atoms with E-state index in [1.54, 1.807) is 35.1 Å². The van der Waals surface area contributed by atoms with Crippen LogP contribution < -0.4 is 0 Å². The molecule has 0 atom stereocenters. The van der Waals surface area contributed by atoms with Gasteiger partial charge in [0.15, 0.2) is 5.69 Å². The maximum atomic E-state index is 12.8. The number of piperidine rings is 1. The number of likely N-dealkylation sites (tertiary alicyclic amines) is 1. The minimum Gasteiger partial charge on any atom is -0.338 e. The van der Waals surface area contributed by atoms with Gasteiger partial charge < -0.3 is 9.42 Å². The number of hydrogen-bond acceptors (Lipinski definition) is 7. The molecule has 5 rings (SSSR count). The average molecular weight is 425 g/mol. The molecule has 2 aromatic carbocycles. The van der Waals surface area contributed by atoms with Gasteiger partial charge in [-0.3, -0.25) is 4.79 Å². The summed E-state index contributed by atoms with van der Waals surface area (Å²) < 4.78 is 7.17. The molecule has 32 heavy (non-hydrogen) atoms. The first-order chi connectivity index (χ1) is 15.7. The zero-order chi connectivity index (χ0) is 21.9. The van der Waals surface area contributed by atoms with Crippen LogP contribution in [0.5, 0.6) is 0 Å². The van der Waals surface area contributed by atoms with Crippen molar-refractivity contribution in [2.75, 3.05) is 13.1 Å². The van der Waals surface area contributed by atoms with E-state index >= 15 is 0 Å². The Morgan fingerprint density at radius 3 is 2.69 bits per heavy atom. The summed E-state index contributed by atoms with van der Waals surface area (Å²) in [5.41, 5.74) is 2.41. The molecule has 2 aromatic heterocycles. The van der Waals surface area contributed by atoms with Gasteiger partial charge in [-0.25, -0.2) is 4.68 Å². The molecule has 9 nitrogen and oxygen atoms in total. The number of aromatic nitrogens is 5. The minimum atomic E-state index is -0.0564. The van der Waals surface area contributed by atoms with Crippen molar-refractivity contribution < 1.29 is 9.32 Å². The zero-order valence-electron chi connectivity index (χ0n) is 17.1. The smallest absolute Gasteiger partial charge is 0.280 e. The third-order valence-electron chi connectivity index (χ3n) is 5.55. The van der Waals surface area contributed by atoms with Gasteiger partial charge in [0, 0.05) is 24.2 Å². The fourth-order valence-electron chi connectivity index (χ4n) is 3.82. The van der Waals surface area contributed by atoms with Crippen LogP contribution in [0.3, 0.4) is 0 Å². The lowest BCUT2D eigenvalue weighted by atomic mass is 10.0. The van der Waals surface area contributed by atoms with Crippen molar-refractivity contribution in [3.8, 4) is 29.0 Å². The van der Waals surface area contributed by atoms with Crippen LogP contribution in [0.2, 0.25) is 0 Å². The third-order valence-corrected chi connectivity index (χ3v) is 5.55. The first-order valence-electron chi connectivity index (χ1n) is 10.3. The maximum Gasteiger partial charge on any atom is 0.280 e. The van der Waals surface area contributed by atoms with Gasteiger partial charge in [-0.15, -0.1) is 5.10 Å². The van der Waals surface area contributed by atoms with E-state index in [0.29, 0.717) is 41.6 Å². The summed E-state index contributed by atoms with van der Waals surface area (Å²) in [6.45, 7) is 1.21. The second-order valence-electron chi connectivity index (χ2n) is 7.59. The summed E-state index contributed by atoms with van der Waals surface area (Å²) in [6, 6.07) is 18.6. The van der Waals surface area contributed by atoms with Gasteiger partial charge in [0.05, 0.1) is 23.9 Å². The average Bonchev–Trinajstić information content (AvgIpc) is 3.54. The van der Waals surface area contributed by atoms with Crippen LogP contribution in [0.4, 0.5) is 0 Å². The highest BCUT2D eigenvalue weighted by Crippen LogP contribution is 2.26. The summed E-state index contributed by atoms with van der Waals surface area (Å²) in [4.78, 5) is 19.0. The van der Waals surface area contributed by atoms with E-state index in [9.17, 15) is 4.79 Å². The molecule has 0 saturated carbocycles. The first-order valence-corrected chi connectivity index (χ1v) is 10.3. The predicted molar refractivity (Wildman–Crippen MR) is 114 cm³/mol. The van der Waals surface area contributed by atoms with Gasteiger partial charge in [-0.2, -0.15) is 10.2 Å². The van der Waals surface area contributed by atoms with Crippen molar-refractivity contribution >= 4 is 5.91 Å². The number of hydrogen-bond donors (Lipinski definition) is 0. The lowest BCUT2D eigenvalue weighted by Crippen LogP contribution is -2.39. The Hall–Kier alpha value is -4.32. The Morgan fingerprint density at radius 2 is 1.91 bits per heavy atom. The highest BCUT2D eigenvalue weighted by atomic mass is 16.5. The molecule has 0 spiro atoms. The maximum absolute atomic E-state index is 12.8. The van der Waals surface area contributed by atoms with Crippen molar-refractivity contribution in [1.82, 2.24) is 30.0 Å². The van der Waals surface area contributed by atoms with Crippen molar-refractivity contribution in [2.45, 2.75) is 18.9 Å². The molecular formula is C23H19N7O2. The summed E-state index contributed by atoms with van der Waals surface area (Å²) in [7, 11) is 0. The molecule has 1 amide bonds. The van der Waals surface area contributed by atoms with Crippen LogP contribution in [0.1, 0.15) is 34.8 Å². The topological polar surface area (TPSA) is 114 Å². The lowest BCUT2D eigenvalue weighted by Gasteiger charge is -2.31. The Bertz CT molecular complexity index is 1280. The zero-order valence-corrected chi connectivity index (χ0v) is 17.1. The highest BCUT2D eigenvalue weighted by Gasteiger charge is 2.26. The molecule has 158 valence electrons. The second-order valence-corrected chi connectivity index (χ2v) is 7.59. The van der Waals surface area contributed by atoms with Crippen LogP contribution in [0.15, 0.2) is 65.3 Å². The van der Waals surface area contributed by atoms with Crippen LogP contribution in [0, 0.1) is 11.3 Å². The molecular weight excluding hydrogens is 406 g/mol. The molecule has 0 radical (unpaired) electrons. The molecule has 3 heterocycles. The number of carbonyl (C=O) groups is 1. The van der Waals surface area contributed by atoms with Gasteiger partial charge in [0.25, 0.3) is 11.8 Å². The largest absolute Gasteiger partial charge is 0.338 e. The third kappa shape index (κ3) is 3.86. The van der Waals surface area contributed by atoms with Crippen LogP contribution in [-0.4, -0.2) is 49.0 Å². The predicted octanol–water partition coefficient (Wildman–Crippen LogP) is 3.34. The number of amides is 1. The molecule has 4 aromatic rings. The van der Waals surface area contributed by atoms with Gasteiger partial charge >= 0.3 is 0 Å². The van der Waals surface area contributed by atoms with E-state index in [1.165, 1.54) is 0 Å². The summed E-state index contributed by atoms with van der Waals surface area (Å²) in [5.74, 6) is 0.765. The molecule has 0 unspecified atom stereocenters. The Kier molecular flexibility index (Phi) is 5.17. The van der Waals surface area contributed by atoms with Crippen LogP contribution in [-0.2, 0) is 0 Å². The fraction of sp³-hybridized carbons (Fsp3) is 0.217. The van der Waals surface area contributed by atoms with E-state index in [1.807, 2.05) is 35.2 Å². The number of carbonyl (C=O) groups excluding carboxylic acids is 1. The molecule has 0 bridgehead atoms. The summed E-state index contributed by atoms with van der Waals surface area (Å²) >= 11 is 0. The van der Waals surface area contributed by atoms with Crippen LogP contribution >= 0.6 is 0 Å². The van der Waals surface area contributed by atoms with Crippen molar-refractivity contribution in [3.63, 3.8) is 0 Å². The monoisotopic (exact) mass is 425 g/mol. The Balaban J connectivity index is 1.24. The number of rotatable bonds is 4. The summed E-state index contributed by atoms with van der Waals surface area (Å²) in [5, 5.41) is 21.5. The molecule has 1 saturated heterocycles. The second kappa shape index (κ2) is 8.43. The molecule has 1 aliphatic rings. The van der Waals surface area contributed by atoms with E-state index in [4.69, 9.17) is 9.78 Å². The van der Waals surface area contributed by atoms with E-state index in [2.05, 4.69) is 26.5 Å². The molecule has 9 heteroatoms. The number of benzene rings is 2. The van der Waals surface area contributed by atoms with E-state index < -0.39 is 0 Å². The van der Waals surface area contributed by atoms with E-state index in [-0.39, 0.29) is 11.9 Å². The van der Waals surface area contributed by atoms with Gasteiger partial charge in [-0.05, 0) is 31.0 Å². The normalized spacial score (nSPS) is 14.3.